The van der Waals surface area contributed by atoms with Crippen LogP contribution in [0.1, 0.15) is 26.3 Å². The second-order valence-corrected chi connectivity index (χ2v) is 4.85. The van der Waals surface area contributed by atoms with Gasteiger partial charge in [0.05, 0.1) is 11.1 Å². The summed E-state index contributed by atoms with van der Waals surface area (Å²) in [6.45, 7) is -0.353. The number of hydrogen-bond acceptors (Lipinski definition) is 3. The topological polar surface area (TPSA) is 109 Å². The van der Waals surface area contributed by atoms with E-state index in [1.807, 2.05) is 0 Å². The average Bonchev–Trinajstić information content (AvgIpc) is 2.60. The van der Waals surface area contributed by atoms with Crippen molar-refractivity contribution in [3.63, 3.8) is 0 Å². The Balaban J connectivity index is 0.000000260. The second kappa shape index (κ2) is 9.21. The summed E-state index contributed by atoms with van der Waals surface area (Å²) in [5.74, 6) is -2.50. The summed E-state index contributed by atoms with van der Waals surface area (Å²) in [7, 11) is 0. The number of nitrogens with two attached hydrogens (primary N) is 1. The van der Waals surface area contributed by atoms with Gasteiger partial charge in [0, 0.05) is 5.56 Å². The summed E-state index contributed by atoms with van der Waals surface area (Å²) in [6.07, 6.45) is -4.54. The number of carboxylic acids is 1. The van der Waals surface area contributed by atoms with Crippen LogP contribution in [0.2, 0.25) is 0 Å². The Morgan fingerprint density at radius 1 is 0.962 bits per heavy atom. The fraction of sp³-hybridized carbons (Fsp3) is 0.118. The summed E-state index contributed by atoms with van der Waals surface area (Å²) < 4.78 is 36.6. The van der Waals surface area contributed by atoms with Gasteiger partial charge in [-0.2, -0.15) is 13.2 Å². The third-order valence-electron chi connectivity index (χ3n) is 2.93. The van der Waals surface area contributed by atoms with Crippen molar-refractivity contribution in [2.45, 2.75) is 6.18 Å². The van der Waals surface area contributed by atoms with Crippen LogP contribution in [0, 0.1) is 0 Å². The number of benzene rings is 2. The Morgan fingerprint density at radius 3 is 1.96 bits per heavy atom. The first-order chi connectivity index (χ1) is 12.1. The van der Waals surface area contributed by atoms with Crippen LogP contribution < -0.4 is 11.1 Å². The minimum atomic E-state index is -4.54. The summed E-state index contributed by atoms with van der Waals surface area (Å²) in [5, 5.41) is 10.6. The molecule has 0 aliphatic carbocycles. The van der Waals surface area contributed by atoms with Gasteiger partial charge in [-0.1, -0.05) is 30.3 Å². The zero-order valence-electron chi connectivity index (χ0n) is 13.3. The molecule has 4 N–H and O–H groups in total. The Bertz CT molecular complexity index is 777. The molecule has 0 saturated heterocycles. The maximum atomic E-state index is 12.2. The number of alkyl halides is 3. The van der Waals surface area contributed by atoms with E-state index in [1.54, 1.807) is 30.3 Å². The highest BCUT2D eigenvalue weighted by atomic mass is 19.4. The van der Waals surface area contributed by atoms with Crippen molar-refractivity contribution in [1.82, 2.24) is 5.32 Å². The number of nitrogens with one attached hydrogen (secondary N) is 1. The summed E-state index contributed by atoms with van der Waals surface area (Å²) in [4.78, 5) is 31.9. The van der Waals surface area contributed by atoms with Crippen molar-refractivity contribution in [2.24, 2.45) is 5.73 Å². The van der Waals surface area contributed by atoms with Crippen LogP contribution >= 0.6 is 0 Å². The van der Waals surface area contributed by atoms with E-state index in [1.165, 1.54) is 12.1 Å². The molecule has 2 rings (SSSR count). The average molecular weight is 368 g/mol. The Hall–Kier alpha value is -3.36. The molecule has 0 saturated carbocycles. The fourth-order valence-electron chi connectivity index (χ4n) is 1.79. The molecular weight excluding hydrogens is 353 g/mol. The Labute approximate surface area is 146 Å². The molecule has 0 aliphatic heterocycles. The first-order valence-corrected chi connectivity index (χ1v) is 7.14. The first kappa shape index (κ1) is 20.7. The predicted molar refractivity (Wildman–Crippen MR) is 86.4 cm³/mol. The van der Waals surface area contributed by atoms with E-state index in [2.05, 4.69) is 5.32 Å². The molecule has 0 aliphatic rings. The zero-order valence-corrected chi connectivity index (χ0v) is 13.3. The van der Waals surface area contributed by atoms with Crippen LogP contribution in [0.25, 0.3) is 0 Å². The number of carbonyl (C=O) groups is 3. The number of aliphatic carboxylic acids is 1. The molecule has 0 unspecified atom stereocenters. The largest absolute Gasteiger partial charge is 0.480 e. The second-order valence-electron chi connectivity index (χ2n) is 4.85. The van der Waals surface area contributed by atoms with Gasteiger partial charge < -0.3 is 16.2 Å². The third kappa shape index (κ3) is 6.63. The van der Waals surface area contributed by atoms with Crippen LogP contribution in [0.4, 0.5) is 13.2 Å². The number of primary amides is 1. The van der Waals surface area contributed by atoms with Crippen molar-refractivity contribution in [3.8, 4) is 0 Å². The quantitative estimate of drug-likeness (QED) is 0.769. The molecular formula is C17H15F3N2O4. The molecule has 0 radical (unpaired) electrons. The van der Waals surface area contributed by atoms with Crippen molar-refractivity contribution < 1.29 is 32.7 Å². The molecule has 138 valence electrons. The lowest BCUT2D eigenvalue weighted by atomic mass is 10.1. The lowest BCUT2D eigenvalue weighted by molar-refractivity contribution is -0.138. The maximum absolute atomic E-state index is 12.2. The highest BCUT2D eigenvalue weighted by Crippen LogP contribution is 2.31. The van der Waals surface area contributed by atoms with Gasteiger partial charge >= 0.3 is 12.1 Å². The van der Waals surface area contributed by atoms with Crippen LogP contribution in [0.3, 0.4) is 0 Å². The number of amides is 2. The molecule has 6 nitrogen and oxygen atoms in total. The van der Waals surface area contributed by atoms with E-state index in [0.29, 0.717) is 5.56 Å². The molecule has 0 atom stereocenters. The lowest BCUT2D eigenvalue weighted by Gasteiger charge is -2.09. The van der Waals surface area contributed by atoms with E-state index >= 15 is 0 Å². The number of hydrogen-bond donors (Lipinski definition) is 3. The minimum Gasteiger partial charge on any atom is -0.480 e. The third-order valence-corrected chi connectivity index (χ3v) is 2.93. The molecule has 0 bridgehead atoms. The van der Waals surface area contributed by atoms with Crippen molar-refractivity contribution in [1.29, 1.82) is 0 Å². The van der Waals surface area contributed by atoms with Gasteiger partial charge in [0.15, 0.2) is 0 Å². The van der Waals surface area contributed by atoms with Crippen LogP contribution in [0.15, 0.2) is 54.6 Å². The van der Waals surface area contributed by atoms with Crippen molar-refractivity contribution >= 4 is 17.8 Å². The monoisotopic (exact) mass is 368 g/mol. The van der Waals surface area contributed by atoms with E-state index in [9.17, 15) is 27.6 Å². The van der Waals surface area contributed by atoms with Crippen molar-refractivity contribution in [3.05, 3.63) is 71.3 Å². The van der Waals surface area contributed by atoms with Crippen LogP contribution in [-0.4, -0.2) is 29.4 Å². The van der Waals surface area contributed by atoms with Crippen LogP contribution in [-0.2, 0) is 11.0 Å². The van der Waals surface area contributed by atoms with Gasteiger partial charge in [-0.05, 0) is 24.3 Å². The van der Waals surface area contributed by atoms with Crippen molar-refractivity contribution in [2.75, 3.05) is 6.54 Å². The molecule has 0 aromatic heterocycles. The summed E-state index contributed by atoms with van der Waals surface area (Å²) in [6, 6.07) is 12.9. The molecule has 2 amide bonds. The van der Waals surface area contributed by atoms with Gasteiger partial charge in [-0.15, -0.1) is 0 Å². The van der Waals surface area contributed by atoms with Gasteiger partial charge in [-0.3, -0.25) is 14.4 Å². The van der Waals surface area contributed by atoms with Gasteiger partial charge in [0.1, 0.15) is 6.54 Å². The molecule has 0 fully saturated rings. The SMILES string of the molecule is NC(=O)c1ccccc1C(F)(F)F.O=C(O)CNC(=O)c1ccccc1. The first-order valence-electron chi connectivity index (χ1n) is 7.14. The van der Waals surface area contributed by atoms with Gasteiger partial charge in [-0.25, -0.2) is 0 Å². The maximum Gasteiger partial charge on any atom is 0.417 e. The molecule has 2 aromatic rings. The van der Waals surface area contributed by atoms with Crippen LogP contribution in [0.5, 0.6) is 0 Å². The molecule has 26 heavy (non-hydrogen) atoms. The van der Waals surface area contributed by atoms with E-state index in [-0.39, 0.29) is 12.5 Å². The number of rotatable bonds is 4. The highest BCUT2D eigenvalue weighted by molar-refractivity contribution is 5.95. The number of halogens is 3. The Morgan fingerprint density at radius 2 is 1.50 bits per heavy atom. The molecule has 0 spiro atoms. The normalized spacial score (nSPS) is 10.3. The fourth-order valence-corrected chi connectivity index (χ4v) is 1.79. The van der Waals surface area contributed by atoms with Gasteiger partial charge in [0.25, 0.3) is 5.91 Å². The lowest BCUT2D eigenvalue weighted by Crippen LogP contribution is -2.29. The van der Waals surface area contributed by atoms with E-state index in [0.717, 1.165) is 12.1 Å². The molecule has 2 aromatic carbocycles. The number of carboxylic acid groups (broad SMARTS) is 1. The summed E-state index contributed by atoms with van der Waals surface area (Å²) >= 11 is 0. The summed E-state index contributed by atoms with van der Waals surface area (Å²) in [5.41, 5.74) is 3.73. The number of carbonyl (C=O) groups excluding carboxylic acids is 2. The molecule has 0 heterocycles. The minimum absolute atomic E-state index is 0.353. The smallest absolute Gasteiger partial charge is 0.417 e. The predicted octanol–water partition coefficient (Wildman–Crippen LogP) is 2.31. The van der Waals surface area contributed by atoms with E-state index < -0.39 is 29.2 Å². The zero-order chi connectivity index (χ0) is 19.7. The molecule has 9 heteroatoms. The highest BCUT2D eigenvalue weighted by Gasteiger charge is 2.34. The Kier molecular flexibility index (Phi) is 7.33. The van der Waals surface area contributed by atoms with E-state index in [4.69, 9.17) is 10.8 Å². The van der Waals surface area contributed by atoms with Gasteiger partial charge in [0.2, 0.25) is 5.91 Å². The standard InChI is InChI=1S/C9H9NO3.C8H6F3NO/c11-8(12)6-10-9(13)7-4-2-1-3-5-7;9-8(10,11)6-4-2-1-3-5(6)7(12)13/h1-5H,6H2,(H,10,13)(H,11,12);1-4H,(H2,12,13).